The summed E-state index contributed by atoms with van der Waals surface area (Å²) in [4.78, 5) is 24.9. The Balaban J connectivity index is 2.02. The summed E-state index contributed by atoms with van der Waals surface area (Å²) in [6, 6.07) is 7.26. The Kier molecular flexibility index (Phi) is 5.41. The molecular formula is C16H21N5O. The van der Waals surface area contributed by atoms with Crippen LogP contribution in [0.5, 0.6) is 0 Å². The number of amides is 1. The minimum Gasteiger partial charge on any atom is -0.354 e. The summed E-state index contributed by atoms with van der Waals surface area (Å²) >= 11 is 0. The Morgan fingerprint density at radius 2 is 2.09 bits per heavy atom. The molecule has 116 valence electrons. The number of aromatic nitrogens is 3. The number of hydrogen-bond acceptors (Lipinski definition) is 5. The van der Waals surface area contributed by atoms with Gasteiger partial charge in [0.15, 0.2) is 0 Å². The van der Waals surface area contributed by atoms with Crippen molar-refractivity contribution in [2.24, 2.45) is 5.92 Å². The second-order valence-electron chi connectivity index (χ2n) is 5.50. The van der Waals surface area contributed by atoms with E-state index in [0.717, 1.165) is 17.9 Å². The normalized spacial score (nSPS) is 10.5. The van der Waals surface area contributed by atoms with Crippen molar-refractivity contribution in [1.82, 2.24) is 20.3 Å². The molecule has 2 aromatic rings. The third-order valence-corrected chi connectivity index (χ3v) is 2.91. The summed E-state index contributed by atoms with van der Waals surface area (Å²) in [7, 11) is 0. The van der Waals surface area contributed by atoms with Crippen LogP contribution in [0.2, 0.25) is 0 Å². The molecule has 2 rings (SSSR count). The Morgan fingerprint density at radius 1 is 1.27 bits per heavy atom. The van der Waals surface area contributed by atoms with Crippen LogP contribution in [0, 0.1) is 12.8 Å². The first-order valence-corrected chi connectivity index (χ1v) is 7.32. The molecule has 6 nitrogen and oxygen atoms in total. The van der Waals surface area contributed by atoms with E-state index < -0.39 is 0 Å². The highest BCUT2D eigenvalue weighted by atomic mass is 16.1. The number of nitrogens with one attached hydrogen (secondary N) is 2. The van der Waals surface area contributed by atoms with Gasteiger partial charge >= 0.3 is 0 Å². The fourth-order valence-corrected chi connectivity index (χ4v) is 1.82. The van der Waals surface area contributed by atoms with Gasteiger partial charge in [-0.1, -0.05) is 19.9 Å². The maximum atomic E-state index is 12.2. The number of carbonyl (C=O) groups is 1. The predicted molar refractivity (Wildman–Crippen MR) is 85.5 cm³/mol. The van der Waals surface area contributed by atoms with E-state index in [-0.39, 0.29) is 5.91 Å². The van der Waals surface area contributed by atoms with Crippen molar-refractivity contribution in [2.45, 2.75) is 27.3 Å². The number of anilines is 1. The second kappa shape index (κ2) is 7.49. The summed E-state index contributed by atoms with van der Waals surface area (Å²) in [5, 5.41) is 5.95. The first kappa shape index (κ1) is 15.9. The molecule has 2 aromatic heterocycles. The molecule has 0 aliphatic heterocycles. The fraction of sp³-hybridized carbons (Fsp3) is 0.375. The van der Waals surface area contributed by atoms with Gasteiger partial charge in [-0.05, 0) is 31.0 Å². The van der Waals surface area contributed by atoms with Gasteiger partial charge in [0.25, 0.3) is 5.91 Å². The summed E-state index contributed by atoms with van der Waals surface area (Å²) in [6.45, 7) is 7.18. The predicted octanol–water partition coefficient (Wildman–Crippen LogP) is 2.18. The first-order valence-electron chi connectivity index (χ1n) is 7.32. The van der Waals surface area contributed by atoms with Crippen molar-refractivity contribution in [1.29, 1.82) is 0 Å². The highest BCUT2D eigenvalue weighted by Crippen LogP contribution is 2.06. The fourth-order valence-electron chi connectivity index (χ4n) is 1.82. The van der Waals surface area contributed by atoms with Gasteiger partial charge in [-0.25, -0.2) is 9.97 Å². The van der Waals surface area contributed by atoms with Gasteiger partial charge in [-0.3, -0.25) is 9.78 Å². The van der Waals surface area contributed by atoms with E-state index in [1.54, 1.807) is 12.3 Å². The maximum Gasteiger partial charge on any atom is 0.270 e. The molecule has 0 radical (unpaired) electrons. The van der Waals surface area contributed by atoms with Crippen LogP contribution in [-0.4, -0.2) is 27.4 Å². The van der Waals surface area contributed by atoms with Gasteiger partial charge in [-0.15, -0.1) is 0 Å². The van der Waals surface area contributed by atoms with Crippen LogP contribution in [0.1, 0.15) is 35.7 Å². The summed E-state index contributed by atoms with van der Waals surface area (Å²) in [5.74, 6) is 0.728. The van der Waals surface area contributed by atoms with Crippen LogP contribution < -0.4 is 10.6 Å². The molecule has 0 bridgehead atoms. The molecule has 1 amide bonds. The SMILES string of the molecule is Cc1cc(C(=O)NCc2ccccn2)nc(NCC(C)C)n1. The highest BCUT2D eigenvalue weighted by Gasteiger charge is 2.10. The molecular weight excluding hydrogens is 278 g/mol. The van der Waals surface area contributed by atoms with E-state index in [4.69, 9.17) is 0 Å². The Bertz CT molecular complexity index is 628. The largest absolute Gasteiger partial charge is 0.354 e. The zero-order valence-corrected chi connectivity index (χ0v) is 13.1. The van der Waals surface area contributed by atoms with E-state index in [2.05, 4.69) is 39.4 Å². The van der Waals surface area contributed by atoms with Crippen LogP contribution >= 0.6 is 0 Å². The molecule has 0 spiro atoms. The van der Waals surface area contributed by atoms with E-state index in [9.17, 15) is 4.79 Å². The lowest BCUT2D eigenvalue weighted by Crippen LogP contribution is -2.25. The summed E-state index contributed by atoms with van der Waals surface area (Å²) in [6.07, 6.45) is 1.70. The van der Waals surface area contributed by atoms with Crippen molar-refractivity contribution in [2.75, 3.05) is 11.9 Å². The highest BCUT2D eigenvalue weighted by molar-refractivity contribution is 5.92. The van der Waals surface area contributed by atoms with Crippen LogP contribution in [-0.2, 0) is 6.54 Å². The molecule has 22 heavy (non-hydrogen) atoms. The molecule has 0 aliphatic rings. The minimum atomic E-state index is -0.233. The molecule has 0 aromatic carbocycles. The molecule has 2 N–H and O–H groups in total. The smallest absolute Gasteiger partial charge is 0.270 e. The van der Waals surface area contributed by atoms with E-state index in [1.165, 1.54) is 0 Å². The van der Waals surface area contributed by atoms with Crippen molar-refractivity contribution in [3.05, 3.63) is 47.5 Å². The van der Waals surface area contributed by atoms with Crippen molar-refractivity contribution < 1.29 is 4.79 Å². The molecule has 2 heterocycles. The first-order chi connectivity index (χ1) is 10.5. The van der Waals surface area contributed by atoms with Gasteiger partial charge in [0.05, 0.1) is 12.2 Å². The van der Waals surface area contributed by atoms with Crippen molar-refractivity contribution >= 4 is 11.9 Å². The lowest BCUT2D eigenvalue weighted by atomic mass is 10.2. The van der Waals surface area contributed by atoms with E-state index in [0.29, 0.717) is 24.1 Å². The van der Waals surface area contributed by atoms with Crippen LogP contribution in [0.25, 0.3) is 0 Å². The van der Waals surface area contributed by atoms with E-state index in [1.807, 2.05) is 25.1 Å². The minimum absolute atomic E-state index is 0.233. The van der Waals surface area contributed by atoms with Gasteiger partial charge in [0.1, 0.15) is 5.69 Å². The number of pyridine rings is 1. The Morgan fingerprint density at radius 3 is 2.77 bits per heavy atom. The zero-order chi connectivity index (χ0) is 15.9. The van der Waals surface area contributed by atoms with Gasteiger partial charge in [0.2, 0.25) is 5.95 Å². The molecule has 0 saturated carbocycles. The van der Waals surface area contributed by atoms with Gasteiger partial charge < -0.3 is 10.6 Å². The summed E-state index contributed by atoms with van der Waals surface area (Å²) < 4.78 is 0. The van der Waals surface area contributed by atoms with Crippen LogP contribution in [0.3, 0.4) is 0 Å². The summed E-state index contributed by atoms with van der Waals surface area (Å²) in [5.41, 5.74) is 1.92. The Labute approximate surface area is 130 Å². The lowest BCUT2D eigenvalue weighted by Gasteiger charge is -2.10. The van der Waals surface area contributed by atoms with Crippen LogP contribution in [0.4, 0.5) is 5.95 Å². The lowest BCUT2D eigenvalue weighted by molar-refractivity contribution is 0.0945. The monoisotopic (exact) mass is 299 g/mol. The molecule has 0 fully saturated rings. The third kappa shape index (κ3) is 4.80. The molecule has 0 atom stereocenters. The molecule has 6 heteroatoms. The number of nitrogens with zero attached hydrogens (tertiary/aromatic N) is 3. The zero-order valence-electron chi connectivity index (χ0n) is 13.1. The average Bonchev–Trinajstić information content (AvgIpc) is 2.51. The third-order valence-electron chi connectivity index (χ3n) is 2.91. The number of carbonyl (C=O) groups excluding carboxylic acids is 1. The van der Waals surface area contributed by atoms with Gasteiger partial charge in [-0.2, -0.15) is 0 Å². The number of hydrogen-bond donors (Lipinski definition) is 2. The van der Waals surface area contributed by atoms with Crippen molar-refractivity contribution in [3.8, 4) is 0 Å². The van der Waals surface area contributed by atoms with Gasteiger partial charge in [0, 0.05) is 18.4 Å². The molecule has 0 saturated heterocycles. The topological polar surface area (TPSA) is 79.8 Å². The molecule has 0 unspecified atom stereocenters. The number of aryl methyl sites for hydroxylation is 1. The molecule has 0 aliphatic carbocycles. The second-order valence-corrected chi connectivity index (χ2v) is 5.50. The quantitative estimate of drug-likeness (QED) is 0.854. The van der Waals surface area contributed by atoms with Crippen LogP contribution in [0.15, 0.2) is 30.5 Å². The van der Waals surface area contributed by atoms with Crippen molar-refractivity contribution in [3.63, 3.8) is 0 Å². The Hall–Kier alpha value is -2.50. The maximum absolute atomic E-state index is 12.2. The van der Waals surface area contributed by atoms with E-state index >= 15 is 0 Å². The standard InChI is InChI=1S/C16H21N5O/c1-11(2)9-19-16-20-12(3)8-14(21-16)15(22)18-10-13-6-4-5-7-17-13/h4-8,11H,9-10H2,1-3H3,(H,18,22)(H,19,20,21). The average molecular weight is 299 g/mol. The number of rotatable bonds is 6.